The summed E-state index contributed by atoms with van der Waals surface area (Å²) in [4.78, 5) is 30.5. The molecule has 0 radical (unpaired) electrons. The van der Waals surface area contributed by atoms with E-state index in [4.69, 9.17) is 0 Å². The van der Waals surface area contributed by atoms with E-state index < -0.39 is 11.6 Å². The topological polar surface area (TPSA) is 81.0 Å². The minimum Gasteiger partial charge on any atom is -0.320 e. The molecule has 1 amide bonds. The summed E-state index contributed by atoms with van der Waals surface area (Å²) in [5.74, 6) is -1.03. The molecule has 0 fully saturated rings. The van der Waals surface area contributed by atoms with Crippen LogP contribution in [0.3, 0.4) is 0 Å². The fourth-order valence-electron chi connectivity index (χ4n) is 4.53. The van der Waals surface area contributed by atoms with Gasteiger partial charge in [0.05, 0.1) is 35.7 Å². The van der Waals surface area contributed by atoms with E-state index in [-0.39, 0.29) is 29.8 Å². The van der Waals surface area contributed by atoms with E-state index in [9.17, 15) is 18.4 Å². The minimum absolute atomic E-state index is 0.131. The van der Waals surface area contributed by atoms with Crippen molar-refractivity contribution in [2.24, 2.45) is 0 Å². The van der Waals surface area contributed by atoms with Gasteiger partial charge in [-0.3, -0.25) is 14.6 Å². The zero-order valence-corrected chi connectivity index (χ0v) is 21.7. The highest BCUT2D eigenvalue weighted by atomic mass is 19.1. The van der Waals surface area contributed by atoms with E-state index in [0.29, 0.717) is 11.3 Å². The molecule has 0 aliphatic heterocycles. The van der Waals surface area contributed by atoms with Gasteiger partial charge in [0, 0.05) is 17.8 Å². The van der Waals surface area contributed by atoms with Crippen LogP contribution < -0.4 is 16.2 Å². The molecule has 0 aliphatic carbocycles. The summed E-state index contributed by atoms with van der Waals surface area (Å²) in [6.07, 6.45) is 5.28. The molecule has 9 heteroatoms. The Morgan fingerprint density at radius 3 is 2.49 bits per heavy atom. The van der Waals surface area contributed by atoms with Crippen LogP contribution in [0.5, 0.6) is 0 Å². The molecule has 198 valence electrons. The fraction of sp³-hybridized carbons (Fsp3) is 0.167. The second kappa shape index (κ2) is 10.6. The smallest absolute Gasteiger partial charge is 0.275 e. The molecular formula is C30H27F2N5O2. The van der Waals surface area contributed by atoms with Gasteiger partial charge in [0.15, 0.2) is 0 Å². The van der Waals surface area contributed by atoms with Gasteiger partial charge in [-0.05, 0) is 98.2 Å². The summed E-state index contributed by atoms with van der Waals surface area (Å²) in [5.41, 5.74) is 4.16. The number of pyridine rings is 2. The van der Waals surface area contributed by atoms with Gasteiger partial charge < -0.3 is 19.8 Å². The van der Waals surface area contributed by atoms with E-state index in [1.165, 1.54) is 28.8 Å². The number of anilines is 1. The summed E-state index contributed by atoms with van der Waals surface area (Å²) in [7, 11) is 1.66. The van der Waals surface area contributed by atoms with Crippen molar-refractivity contribution in [2.45, 2.75) is 26.4 Å². The Labute approximate surface area is 223 Å². The van der Waals surface area contributed by atoms with E-state index >= 15 is 0 Å². The van der Waals surface area contributed by atoms with E-state index in [1.807, 2.05) is 23.8 Å². The van der Waals surface area contributed by atoms with Gasteiger partial charge in [-0.1, -0.05) is 0 Å². The number of nitrogens with zero attached hydrogens (tertiary/aromatic N) is 3. The summed E-state index contributed by atoms with van der Waals surface area (Å²) >= 11 is 0. The number of aryl methyl sites for hydroxylation is 1. The van der Waals surface area contributed by atoms with Crippen molar-refractivity contribution in [3.63, 3.8) is 0 Å². The van der Waals surface area contributed by atoms with Crippen LogP contribution in [0.4, 0.5) is 14.5 Å². The molecule has 7 nitrogen and oxygen atoms in total. The quantitative estimate of drug-likeness (QED) is 0.311. The SMILES string of the molecule is CN[C@@H](C)C(=O)Nc1ccc(-c2ccc(F)cc2)n(Cc2cncc(-n3cc(C)c4cc(F)ccc43)c2)c1=O. The average Bonchev–Trinajstić information content (AvgIpc) is 3.26. The number of carbonyl (C=O) groups is 1. The van der Waals surface area contributed by atoms with Crippen LogP contribution in [-0.4, -0.2) is 33.1 Å². The first-order valence-corrected chi connectivity index (χ1v) is 12.4. The highest BCUT2D eigenvalue weighted by Gasteiger charge is 2.17. The van der Waals surface area contributed by atoms with Crippen molar-refractivity contribution >= 4 is 22.5 Å². The molecule has 0 unspecified atom stereocenters. The van der Waals surface area contributed by atoms with Crippen LogP contribution in [0.1, 0.15) is 18.1 Å². The first-order chi connectivity index (χ1) is 18.7. The lowest BCUT2D eigenvalue weighted by atomic mass is 10.1. The Morgan fingerprint density at radius 1 is 1.00 bits per heavy atom. The number of amides is 1. The number of halogens is 2. The molecule has 3 heterocycles. The third kappa shape index (κ3) is 5.21. The lowest BCUT2D eigenvalue weighted by molar-refractivity contribution is -0.117. The molecule has 3 aromatic heterocycles. The maximum Gasteiger partial charge on any atom is 0.275 e. The monoisotopic (exact) mass is 527 g/mol. The molecule has 0 aliphatic rings. The van der Waals surface area contributed by atoms with Gasteiger partial charge in [0.1, 0.15) is 17.3 Å². The van der Waals surface area contributed by atoms with Crippen molar-refractivity contribution < 1.29 is 13.6 Å². The molecule has 5 rings (SSSR count). The molecule has 5 aromatic rings. The summed E-state index contributed by atoms with van der Waals surface area (Å²) in [6.45, 7) is 3.75. The van der Waals surface area contributed by atoms with Crippen LogP contribution in [0.2, 0.25) is 0 Å². The van der Waals surface area contributed by atoms with Crippen LogP contribution in [-0.2, 0) is 11.3 Å². The second-order valence-corrected chi connectivity index (χ2v) is 9.43. The molecule has 2 aromatic carbocycles. The predicted octanol–water partition coefficient (Wildman–Crippen LogP) is 5.04. The Morgan fingerprint density at radius 2 is 1.74 bits per heavy atom. The fourth-order valence-corrected chi connectivity index (χ4v) is 4.53. The summed E-state index contributed by atoms with van der Waals surface area (Å²) in [6, 6.07) is 15.2. The number of benzene rings is 2. The third-order valence-corrected chi connectivity index (χ3v) is 6.76. The number of rotatable bonds is 7. The molecule has 0 spiro atoms. The van der Waals surface area contributed by atoms with E-state index in [2.05, 4.69) is 15.6 Å². The number of nitrogens with one attached hydrogen (secondary N) is 2. The second-order valence-electron chi connectivity index (χ2n) is 9.43. The van der Waals surface area contributed by atoms with Crippen LogP contribution in [0, 0.1) is 18.6 Å². The van der Waals surface area contributed by atoms with Gasteiger partial charge in [-0.15, -0.1) is 0 Å². The number of carbonyl (C=O) groups excluding carboxylic acids is 1. The third-order valence-electron chi connectivity index (χ3n) is 6.76. The van der Waals surface area contributed by atoms with Crippen molar-refractivity contribution in [1.29, 1.82) is 0 Å². The number of aromatic nitrogens is 3. The molecular weight excluding hydrogens is 500 g/mol. The van der Waals surface area contributed by atoms with E-state index in [0.717, 1.165) is 27.7 Å². The van der Waals surface area contributed by atoms with E-state index in [1.54, 1.807) is 56.7 Å². The maximum absolute atomic E-state index is 13.8. The van der Waals surface area contributed by atoms with Crippen molar-refractivity contribution in [1.82, 2.24) is 19.4 Å². The molecule has 1 atom stereocenters. The number of hydrogen-bond donors (Lipinski definition) is 2. The molecule has 2 N–H and O–H groups in total. The maximum atomic E-state index is 13.8. The zero-order valence-electron chi connectivity index (χ0n) is 21.7. The Bertz CT molecular complexity index is 1740. The lowest BCUT2D eigenvalue weighted by Gasteiger charge is -2.17. The number of hydrogen-bond acceptors (Lipinski definition) is 4. The van der Waals surface area contributed by atoms with Gasteiger partial charge in [-0.2, -0.15) is 0 Å². The lowest BCUT2D eigenvalue weighted by Crippen LogP contribution is -2.37. The number of likely N-dealkylation sites (N-methyl/N-ethyl adjacent to an activating group) is 1. The summed E-state index contributed by atoms with van der Waals surface area (Å²) < 4.78 is 30.9. The van der Waals surface area contributed by atoms with Crippen LogP contribution in [0.25, 0.3) is 27.8 Å². The largest absolute Gasteiger partial charge is 0.320 e. The van der Waals surface area contributed by atoms with Crippen molar-refractivity contribution in [2.75, 3.05) is 12.4 Å². The molecule has 0 bridgehead atoms. The predicted molar refractivity (Wildman–Crippen MR) is 148 cm³/mol. The van der Waals surface area contributed by atoms with Gasteiger partial charge >= 0.3 is 0 Å². The van der Waals surface area contributed by atoms with Crippen LogP contribution >= 0.6 is 0 Å². The molecule has 0 saturated carbocycles. The molecule has 39 heavy (non-hydrogen) atoms. The highest BCUT2D eigenvalue weighted by molar-refractivity contribution is 5.94. The first kappa shape index (κ1) is 26.0. The highest BCUT2D eigenvalue weighted by Crippen LogP contribution is 2.26. The van der Waals surface area contributed by atoms with Crippen molar-refractivity contribution in [3.05, 3.63) is 112 Å². The normalized spacial score (nSPS) is 12.0. The Hall–Kier alpha value is -4.63. The minimum atomic E-state index is -0.496. The van der Waals surface area contributed by atoms with Crippen molar-refractivity contribution in [3.8, 4) is 16.9 Å². The van der Waals surface area contributed by atoms with Gasteiger partial charge in [0.25, 0.3) is 5.56 Å². The summed E-state index contributed by atoms with van der Waals surface area (Å²) in [5, 5.41) is 6.35. The Kier molecular flexibility index (Phi) is 7.08. The van der Waals surface area contributed by atoms with Gasteiger partial charge in [-0.25, -0.2) is 8.78 Å². The number of fused-ring (bicyclic) bond motifs is 1. The average molecular weight is 528 g/mol. The zero-order chi connectivity index (χ0) is 27.7. The van der Waals surface area contributed by atoms with Crippen LogP contribution in [0.15, 0.2) is 84.0 Å². The standard InChI is InChI=1S/C30H27F2N5O2/c1-18-16-36(28-10-8-23(32)13-25(18)28)24-12-20(14-34-15-24)17-37-27(21-4-6-22(31)7-5-21)11-9-26(30(37)39)35-29(38)19(2)33-3/h4-16,19,33H,17H2,1-3H3,(H,35,38)/t19-/m0/s1. The molecule has 0 saturated heterocycles. The first-order valence-electron chi connectivity index (χ1n) is 12.4. The Balaban J connectivity index is 1.58. The van der Waals surface area contributed by atoms with Gasteiger partial charge in [0.2, 0.25) is 5.91 Å².